The third-order valence-corrected chi connectivity index (χ3v) is 8.47. The van der Waals surface area contributed by atoms with Crippen molar-refractivity contribution in [3.8, 4) is 11.3 Å². The molecule has 6 rings (SSSR count). The van der Waals surface area contributed by atoms with E-state index in [0.29, 0.717) is 11.5 Å². The van der Waals surface area contributed by atoms with Crippen LogP contribution in [0.25, 0.3) is 11.3 Å². The van der Waals surface area contributed by atoms with E-state index in [0.717, 1.165) is 66.3 Å². The lowest BCUT2D eigenvalue weighted by Gasteiger charge is -2.21. The molecular formula is C27H30N4O2S. The van der Waals surface area contributed by atoms with E-state index < -0.39 is 0 Å². The van der Waals surface area contributed by atoms with E-state index in [2.05, 4.69) is 46.8 Å². The van der Waals surface area contributed by atoms with Crippen molar-refractivity contribution < 1.29 is 9.59 Å². The average molecular weight is 475 g/mol. The van der Waals surface area contributed by atoms with Crippen LogP contribution in [-0.2, 0) is 17.6 Å². The third kappa shape index (κ3) is 4.41. The fraction of sp³-hybridized carbons (Fsp3) is 0.444. The van der Waals surface area contributed by atoms with Crippen molar-refractivity contribution in [2.75, 3.05) is 11.9 Å². The van der Waals surface area contributed by atoms with Crippen LogP contribution in [0.5, 0.6) is 0 Å². The normalized spacial score (nSPS) is 19.5. The highest BCUT2D eigenvalue weighted by Gasteiger charge is 2.35. The first-order valence-electron chi connectivity index (χ1n) is 12.4. The lowest BCUT2D eigenvalue weighted by molar-refractivity contribution is -0.117. The SMILES string of the molecule is Cc1ccc(-c2cnc(C3CCc4sc(NC(=O)C5CC5)c(C(=O)NCC5CC5)c4C3)[nH]2)cc1. The van der Waals surface area contributed by atoms with E-state index >= 15 is 0 Å². The number of carbonyl (C=O) groups is 2. The molecule has 3 aliphatic rings. The second kappa shape index (κ2) is 8.69. The number of amides is 2. The quantitative estimate of drug-likeness (QED) is 0.439. The minimum absolute atomic E-state index is 0.0454. The van der Waals surface area contributed by atoms with Gasteiger partial charge in [-0.3, -0.25) is 9.59 Å². The van der Waals surface area contributed by atoms with Crippen molar-refractivity contribution in [3.05, 3.63) is 57.9 Å². The largest absolute Gasteiger partial charge is 0.352 e. The number of imidazole rings is 1. The minimum atomic E-state index is -0.0454. The Morgan fingerprint density at radius 3 is 2.65 bits per heavy atom. The van der Waals surface area contributed by atoms with Gasteiger partial charge in [0.2, 0.25) is 5.91 Å². The molecule has 0 bridgehead atoms. The molecule has 6 nitrogen and oxygen atoms in total. The maximum absolute atomic E-state index is 13.3. The molecule has 2 fully saturated rings. The van der Waals surface area contributed by atoms with Gasteiger partial charge in [0.05, 0.1) is 17.5 Å². The summed E-state index contributed by atoms with van der Waals surface area (Å²) in [5, 5.41) is 6.96. The first-order chi connectivity index (χ1) is 16.5. The van der Waals surface area contributed by atoms with Crippen LogP contribution in [0.15, 0.2) is 30.5 Å². The van der Waals surface area contributed by atoms with Crippen LogP contribution in [0.3, 0.4) is 0 Å². The van der Waals surface area contributed by atoms with Gasteiger partial charge in [-0.05, 0) is 68.9 Å². The van der Waals surface area contributed by atoms with Crippen molar-refractivity contribution in [2.24, 2.45) is 11.8 Å². The molecular weight excluding hydrogens is 444 g/mol. The summed E-state index contributed by atoms with van der Waals surface area (Å²) < 4.78 is 0. The first kappa shape index (κ1) is 21.6. The molecule has 0 spiro atoms. The number of fused-ring (bicyclic) bond motifs is 1. The molecule has 3 aromatic rings. The summed E-state index contributed by atoms with van der Waals surface area (Å²) in [4.78, 5) is 35.3. The molecule has 3 aliphatic carbocycles. The topological polar surface area (TPSA) is 86.9 Å². The standard InChI is InChI=1S/C27H30N4O2S/c1-15-2-6-17(7-3-15)21-14-28-24(30-21)19-10-11-22-20(12-19)23(26(33)29-13-16-4-5-16)27(34-22)31-25(32)18-8-9-18/h2-3,6-7,14,16,18-19H,4-5,8-13H2,1H3,(H,28,30)(H,29,33)(H,31,32). The summed E-state index contributed by atoms with van der Waals surface area (Å²) in [7, 11) is 0. The van der Waals surface area contributed by atoms with Gasteiger partial charge in [0.1, 0.15) is 10.8 Å². The van der Waals surface area contributed by atoms with Crippen molar-refractivity contribution in [3.63, 3.8) is 0 Å². The summed E-state index contributed by atoms with van der Waals surface area (Å²) in [5.74, 6) is 1.93. The summed E-state index contributed by atoms with van der Waals surface area (Å²) in [5.41, 5.74) is 5.16. The second-order valence-electron chi connectivity index (χ2n) is 10.1. The molecule has 176 valence electrons. The van der Waals surface area contributed by atoms with E-state index in [4.69, 9.17) is 4.98 Å². The highest BCUT2D eigenvalue weighted by molar-refractivity contribution is 7.17. The molecule has 7 heteroatoms. The summed E-state index contributed by atoms with van der Waals surface area (Å²) in [6, 6.07) is 8.44. The lowest BCUT2D eigenvalue weighted by atomic mass is 9.85. The minimum Gasteiger partial charge on any atom is -0.352 e. The number of rotatable bonds is 7. The van der Waals surface area contributed by atoms with Crippen molar-refractivity contribution >= 4 is 28.2 Å². The molecule has 34 heavy (non-hydrogen) atoms. The number of H-pyrrole nitrogens is 1. The highest BCUT2D eigenvalue weighted by Crippen LogP contribution is 2.43. The third-order valence-electron chi connectivity index (χ3n) is 7.27. The van der Waals surface area contributed by atoms with Crippen LogP contribution in [0.2, 0.25) is 0 Å². The fourth-order valence-electron chi connectivity index (χ4n) is 4.78. The van der Waals surface area contributed by atoms with Crippen molar-refractivity contribution in [1.29, 1.82) is 0 Å². The number of nitrogens with one attached hydrogen (secondary N) is 3. The van der Waals surface area contributed by atoms with Gasteiger partial charge in [-0.1, -0.05) is 29.8 Å². The van der Waals surface area contributed by atoms with E-state index in [1.54, 1.807) is 11.3 Å². The predicted octanol–water partition coefficient (Wildman–Crippen LogP) is 5.21. The predicted molar refractivity (Wildman–Crippen MR) is 134 cm³/mol. The van der Waals surface area contributed by atoms with Crippen LogP contribution in [0, 0.1) is 18.8 Å². The van der Waals surface area contributed by atoms with Crippen molar-refractivity contribution in [1.82, 2.24) is 15.3 Å². The highest BCUT2D eigenvalue weighted by atomic mass is 32.1. The molecule has 0 radical (unpaired) electrons. The number of carbonyl (C=O) groups excluding carboxylic acids is 2. The van der Waals surface area contributed by atoms with E-state index in [-0.39, 0.29) is 23.7 Å². The Bertz CT molecular complexity index is 1230. The maximum atomic E-state index is 13.3. The average Bonchev–Trinajstić information content (AvgIpc) is 3.77. The van der Waals surface area contributed by atoms with Crippen LogP contribution in [0.4, 0.5) is 5.00 Å². The summed E-state index contributed by atoms with van der Waals surface area (Å²) in [6.45, 7) is 2.81. The molecule has 2 saturated carbocycles. The van der Waals surface area contributed by atoms with Gasteiger partial charge in [0.15, 0.2) is 0 Å². The van der Waals surface area contributed by atoms with Gasteiger partial charge < -0.3 is 15.6 Å². The number of aromatic nitrogens is 2. The Hall–Kier alpha value is -2.93. The number of nitrogens with zero attached hydrogens (tertiary/aromatic N) is 1. The molecule has 3 N–H and O–H groups in total. The van der Waals surface area contributed by atoms with Crippen LogP contribution in [0.1, 0.15) is 70.2 Å². The van der Waals surface area contributed by atoms with Crippen LogP contribution in [-0.4, -0.2) is 28.3 Å². The second-order valence-corrected chi connectivity index (χ2v) is 11.2. The van der Waals surface area contributed by atoms with Crippen LogP contribution < -0.4 is 10.6 Å². The number of hydrogen-bond donors (Lipinski definition) is 3. The van der Waals surface area contributed by atoms with Gasteiger partial charge in [0.25, 0.3) is 5.91 Å². The molecule has 2 amide bonds. The zero-order valence-corrected chi connectivity index (χ0v) is 20.3. The smallest absolute Gasteiger partial charge is 0.254 e. The van der Waals surface area contributed by atoms with Gasteiger partial charge in [0, 0.05) is 23.3 Å². The van der Waals surface area contributed by atoms with Crippen molar-refractivity contribution in [2.45, 2.75) is 57.8 Å². The molecule has 1 atom stereocenters. The van der Waals surface area contributed by atoms with E-state index in [9.17, 15) is 9.59 Å². The molecule has 2 aromatic heterocycles. The Labute approximate surface area is 203 Å². The number of aryl methyl sites for hydroxylation is 2. The Morgan fingerprint density at radius 2 is 1.91 bits per heavy atom. The first-order valence-corrected chi connectivity index (χ1v) is 13.2. The molecule has 0 saturated heterocycles. The Kier molecular flexibility index (Phi) is 5.52. The number of thiophene rings is 1. The monoisotopic (exact) mass is 474 g/mol. The maximum Gasteiger partial charge on any atom is 0.254 e. The Morgan fingerprint density at radius 1 is 1.12 bits per heavy atom. The Balaban J connectivity index is 1.26. The van der Waals surface area contributed by atoms with E-state index in [1.807, 2.05) is 6.20 Å². The molecule has 0 aliphatic heterocycles. The fourth-order valence-corrected chi connectivity index (χ4v) is 6.02. The summed E-state index contributed by atoms with van der Waals surface area (Å²) in [6.07, 6.45) is 8.83. The van der Waals surface area contributed by atoms with Gasteiger partial charge in [-0.15, -0.1) is 11.3 Å². The molecule has 1 unspecified atom stereocenters. The van der Waals surface area contributed by atoms with E-state index in [1.165, 1.54) is 23.3 Å². The van der Waals surface area contributed by atoms with Gasteiger partial charge in [-0.2, -0.15) is 0 Å². The molecule has 1 aromatic carbocycles. The van der Waals surface area contributed by atoms with Gasteiger partial charge >= 0.3 is 0 Å². The number of aromatic amines is 1. The number of benzene rings is 1. The van der Waals surface area contributed by atoms with Gasteiger partial charge in [-0.25, -0.2) is 4.98 Å². The lowest BCUT2D eigenvalue weighted by Crippen LogP contribution is -2.28. The molecule has 2 heterocycles. The number of anilines is 1. The zero-order chi connectivity index (χ0) is 23.2. The van der Waals surface area contributed by atoms with Crippen LogP contribution >= 0.6 is 11.3 Å². The number of hydrogen-bond acceptors (Lipinski definition) is 4. The summed E-state index contributed by atoms with van der Waals surface area (Å²) >= 11 is 1.59. The zero-order valence-electron chi connectivity index (χ0n) is 19.4.